The fourth-order valence-electron chi connectivity index (χ4n) is 2.20. The number of hydrogen-bond acceptors (Lipinski definition) is 4. The van der Waals surface area contributed by atoms with Crippen LogP contribution in [-0.4, -0.2) is 26.9 Å². The first-order valence-electron chi connectivity index (χ1n) is 6.16. The molecule has 0 aliphatic rings. The van der Waals surface area contributed by atoms with Crippen molar-refractivity contribution in [2.45, 2.75) is 0 Å². The number of aryl methyl sites for hydroxylation is 1. The van der Waals surface area contributed by atoms with Gasteiger partial charge in [0.2, 0.25) is 0 Å². The second-order valence-electron chi connectivity index (χ2n) is 4.45. The summed E-state index contributed by atoms with van der Waals surface area (Å²) in [7, 11) is 3.56. The smallest absolute Gasteiger partial charge is 0.158 e. The van der Waals surface area contributed by atoms with Crippen LogP contribution in [-0.2, 0) is 7.05 Å². The zero-order valence-electron chi connectivity index (χ0n) is 11.3. The Balaban J connectivity index is 2.19. The minimum Gasteiger partial charge on any atom is -0.497 e. The molecular weight excluding hydrogens is 254 g/mol. The Labute approximate surface area is 116 Å². The van der Waals surface area contributed by atoms with Crippen molar-refractivity contribution < 1.29 is 4.74 Å². The zero-order chi connectivity index (χ0) is 14.1. The molecule has 3 N–H and O–H groups in total. The Morgan fingerprint density at radius 1 is 1.35 bits per heavy atom. The summed E-state index contributed by atoms with van der Waals surface area (Å²) in [4.78, 5) is 4.33. The van der Waals surface area contributed by atoms with Crippen molar-refractivity contribution in [3.63, 3.8) is 0 Å². The number of aromatic nitrogens is 4. The number of hydrogen-bond donors (Lipinski definition) is 2. The normalized spacial score (nSPS) is 10.7. The molecule has 6 heteroatoms. The van der Waals surface area contributed by atoms with Gasteiger partial charge < -0.3 is 15.0 Å². The highest BCUT2D eigenvalue weighted by Gasteiger charge is 2.17. The van der Waals surface area contributed by atoms with E-state index in [0.29, 0.717) is 5.82 Å². The maximum absolute atomic E-state index is 6.00. The topological polar surface area (TPSA) is 81.8 Å². The lowest BCUT2D eigenvalue weighted by Gasteiger charge is -2.06. The van der Waals surface area contributed by atoms with Crippen molar-refractivity contribution in [3.8, 4) is 28.4 Å². The van der Waals surface area contributed by atoms with E-state index in [1.54, 1.807) is 13.3 Å². The van der Waals surface area contributed by atoms with E-state index < -0.39 is 0 Å². The predicted molar refractivity (Wildman–Crippen MR) is 77.2 cm³/mol. The highest BCUT2D eigenvalue weighted by atomic mass is 16.5. The van der Waals surface area contributed by atoms with E-state index in [1.165, 1.54) is 0 Å². The molecule has 0 saturated carbocycles. The molecule has 0 radical (unpaired) electrons. The maximum atomic E-state index is 6.00. The van der Waals surface area contributed by atoms with E-state index in [1.807, 2.05) is 42.1 Å². The monoisotopic (exact) mass is 269 g/mol. The number of nitrogens with two attached hydrogens (primary N) is 1. The maximum Gasteiger partial charge on any atom is 0.158 e. The van der Waals surface area contributed by atoms with Crippen LogP contribution in [0, 0.1) is 0 Å². The molecule has 0 amide bonds. The quantitative estimate of drug-likeness (QED) is 0.762. The Kier molecular flexibility index (Phi) is 2.90. The number of nitrogens with one attached hydrogen (secondary N) is 1. The van der Waals surface area contributed by atoms with Crippen LogP contribution in [0.3, 0.4) is 0 Å². The van der Waals surface area contributed by atoms with Crippen LogP contribution in [0.2, 0.25) is 0 Å². The molecular formula is C14H15N5O. The summed E-state index contributed by atoms with van der Waals surface area (Å²) in [5, 5.41) is 7.06. The summed E-state index contributed by atoms with van der Waals surface area (Å²) in [5.74, 6) is 2.00. The number of anilines is 1. The lowest BCUT2D eigenvalue weighted by molar-refractivity contribution is 0.415. The first-order chi connectivity index (χ1) is 9.70. The largest absolute Gasteiger partial charge is 0.497 e. The number of nitrogens with zero attached hydrogens (tertiary/aromatic N) is 3. The molecule has 0 bridgehead atoms. The summed E-state index contributed by atoms with van der Waals surface area (Å²) in [6, 6.07) is 7.70. The molecule has 0 atom stereocenters. The molecule has 0 unspecified atom stereocenters. The Morgan fingerprint density at radius 3 is 2.90 bits per heavy atom. The molecule has 2 aromatic heterocycles. The van der Waals surface area contributed by atoms with Gasteiger partial charge in [-0.05, 0) is 17.7 Å². The second kappa shape index (κ2) is 4.73. The van der Waals surface area contributed by atoms with E-state index in [-0.39, 0.29) is 0 Å². The van der Waals surface area contributed by atoms with Crippen molar-refractivity contribution in [1.82, 2.24) is 19.7 Å². The lowest BCUT2D eigenvalue weighted by Crippen LogP contribution is -1.94. The zero-order valence-corrected chi connectivity index (χ0v) is 11.3. The van der Waals surface area contributed by atoms with E-state index in [2.05, 4.69) is 15.2 Å². The number of aromatic amines is 1. The second-order valence-corrected chi connectivity index (χ2v) is 4.45. The van der Waals surface area contributed by atoms with Crippen LogP contribution in [0.15, 0.2) is 36.7 Å². The van der Waals surface area contributed by atoms with Crippen LogP contribution in [0.5, 0.6) is 5.75 Å². The number of ether oxygens (including phenoxy) is 1. The van der Waals surface area contributed by atoms with Gasteiger partial charge in [-0.25, -0.2) is 4.98 Å². The van der Waals surface area contributed by atoms with Crippen LogP contribution >= 0.6 is 0 Å². The van der Waals surface area contributed by atoms with Crippen molar-refractivity contribution in [2.75, 3.05) is 12.8 Å². The summed E-state index contributed by atoms with van der Waals surface area (Å²) >= 11 is 0. The third kappa shape index (κ3) is 1.91. The van der Waals surface area contributed by atoms with Gasteiger partial charge in [-0.1, -0.05) is 12.1 Å². The number of methoxy groups -OCH3 is 1. The van der Waals surface area contributed by atoms with Gasteiger partial charge in [0.25, 0.3) is 0 Å². The molecule has 0 saturated heterocycles. The third-order valence-electron chi connectivity index (χ3n) is 3.20. The van der Waals surface area contributed by atoms with Crippen LogP contribution < -0.4 is 10.5 Å². The van der Waals surface area contributed by atoms with Crippen LogP contribution in [0.1, 0.15) is 0 Å². The molecule has 6 nitrogen and oxygen atoms in total. The lowest BCUT2D eigenvalue weighted by atomic mass is 10.0. The van der Waals surface area contributed by atoms with Gasteiger partial charge in [-0.3, -0.25) is 5.10 Å². The molecule has 0 fully saturated rings. The fourth-order valence-corrected chi connectivity index (χ4v) is 2.20. The molecule has 1 aromatic carbocycles. The number of H-pyrrole nitrogens is 1. The molecule has 0 aliphatic carbocycles. The van der Waals surface area contributed by atoms with Gasteiger partial charge in [0.1, 0.15) is 11.4 Å². The summed E-state index contributed by atoms with van der Waals surface area (Å²) in [6.45, 7) is 0. The van der Waals surface area contributed by atoms with Crippen LogP contribution in [0.25, 0.3) is 22.6 Å². The minimum absolute atomic E-state index is 0.441. The third-order valence-corrected chi connectivity index (χ3v) is 3.20. The molecule has 0 aliphatic heterocycles. The summed E-state index contributed by atoms with van der Waals surface area (Å²) in [6.07, 6.45) is 3.61. The summed E-state index contributed by atoms with van der Waals surface area (Å²) < 4.78 is 7.17. The van der Waals surface area contributed by atoms with E-state index in [9.17, 15) is 0 Å². The van der Waals surface area contributed by atoms with Crippen molar-refractivity contribution in [1.29, 1.82) is 0 Å². The number of nitrogen functional groups attached to an aromatic ring is 1. The van der Waals surface area contributed by atoms with Crippen LogP contribution in [0.4, 0.5) is 5.82 Å². The average molecular weight is 269 g/mol. The molecule has 2 heterocycles. The summed E-state index contributed by atoms with van der Waals surface area (Å²) in [5.41, 5.74) is 8.57. The van der Waals surface area contributed by atoms with Gasteiger partial charge >= 0.3 is 0 Å². The Bertz CT molecular complexity index is 744. The average Bonchev–Trinajstić information content (AvgIpc) is 3.04. The molecule has 3 aromatic rings. The Morgan fingerprint density at radius 2 is 2.20 bits per heavy atom. The van der Waals surface area contributed by atoms with E-state index >= 15 is 0 Å². The first-order valence-corrected chi connectivity index (χ1v) is 6.16. The molecule has 3 rings (SSSR count). The van der Waals surface area contributed by atoms with Gasteiger partial charge in [0, 0.05) is 19.4 Å². The number of benzene rings is 1. The molecule has 102 valence electrons. The van der Waals surface area contributed by atoms with Crippen molar-refractivity contribution >= 4 is 5.82 Å². The fraction of sp³-hybridized carbons (Fsp3) is 0.143. The van der Waals surface area contributed by atoms with Crippen molar-refractivity contribution in [3.05, 3.63) is 36.7 Å². The van der Waals surface area contributed by atoms with E-state index in [0.717, 1.165) is 28.4 Å². The highest BCUT2D eigenvalue weighted by Crippen LogP contribution is 2.35. The highest BCUT2D eigenvalue weighted by molar-refractivity contribution is 5.86. The molecule has 20 heavy (non-hydrogen) atoms. The SMILES string of the molecule is COc1cccc(-c2c(N)n[nH]c2-c2nccn2C)c1. The van der Waals surface area contributed by atoms with Gasteiger partial charge in [-0.15, -0.1) is 0 Å². The van der Waals surface area contributed by atoms with Gasteiger partial charge in [0.05, 0.1) is 12.7 Å². The van der Waals surface area contributed by atoms with Gasteiger partial charge in [0.15, 0.2) is 11.6 Å². The Hall–Kier alpha value is -2.76. The number of rotatable bonds is 3. The molecule has 0 spiro atoms. The first kappa shape index (κ1) is 12.3. The predicted octanol–water partition coefficient (Wildman–Crippen LogP) is 2.07. The van der Waals surface area contributed by atoms with Crippen molar-refractivity contribution in [2.24, 2.45) is 7.05 Å². The number of imidazole rings is 1. The minimum atomic E-state index is 0.441. The van der Waals surface area contributed by atoms with E-state index in [4.69, 9.17) is 10.5 Å². The standard InChI is InChI=1S/C14H15N5O/c1-19-7-6-16-14(19)12-11(13(15)18-17-12)9-4-3-5-10(8-9)20-2/h3-8H,1-2H3,(H3,15,17,18). The van der Waals surface area contributed by atoms with Gasteiger partial charge in [-0.2, -0.15) is 5.10 Å².